The first kappa shape index (κ1) is 24.0. The molecule has 0 spiro atoms. The molecule has 4 aliphatic rings. The van der Waals surface area contributed by atoms with Crippen LogP contribution >= 0.6 is 0 Å². The van der Waals surface area contributed by atoms with Gasteiger partial charge < -0.3 is 15.1 Å². The van der Waals surface area contributed by atoms with Crippen molar-refractivity contribution in [1.29, 1.82) is 0 Å². The summed E-state index contributed by atoms with van der Waals surface area (Å²) in [6.07, 6.45) is 7.66. The Morgan fingerprint density at radius 1 is 1.11 bits per heavy atom. The van der Waals surface area contributed by atoms with Crippen LogP contribution in [0.1, 0.15) is 35.2 Å². The number of fused-ring (bicyclic) bond motifs is 1. The number of aromatic nitrogens is 2. The summed E-state index contributed by atoms with van der Waals surface area (Å²) in [5.74, 6) is -0.127. The largest absolute Gasteiger partial charge is 0.368 e. The summed E-state index contributed by atoms with van der Waals surface area (Å²) in [6.45, 7) is 12.7. The Kier molecular flexibility index (Phi) is 6.02. The van der Waals surface area contributed by atoms with Gasteiger partial charge in [-0.3, -0.25) is 4.98 Å². The van der Waals surface area contributed by atoms with E-state index in [-0.39, 0.29) is 17.2 Å². The molecule has 1 saturated heterocycles. The maximum atomic E-state index is 15.8. The molecule has 7 rings (SSSR count). The average Bonchev–Trinajstić information content (AvgIpc) is 2.95. The molecule has 6 heterocycles. The molecular formula is C30H28F2N6. The Hall–Kier alpha value is -4.33. The zero-order valence-corrected chi connectivity index (χ0v) is 21.2. The van der Waals surface area contributed by atoms with Gasteiger partial charge in [0.05, 0.1) is 16.9 Å². The van der Waals surface area contributed by atoms with Crippen LogP contribution in [0.15, 0.2) is 78.7 Å². The molecule has 0 amide bonds. The summed E-state index contributed by atoms with van der Waals surface area (Å²) in [6, 6.07) is 8.16. The van der Waals surface area contributed by atoms with Crippen LogP contribution in [-0.2, 0) is 6.42 Å². The zero-order chi connectivity index (χ0) is 26.4. The van der Waals surface area contributed by atoms with Crippen LogP contribution in [0.25, 0.3) is 11.3 Å². The normalized spacial score (nSPS) is 18.8. The molecule has 1 N–H and O–H groups in total. The number of halogens is 2. The first-order chi connectivity index (χ1) is 18.4. The number of rotatable bonds is 2. The van der Waals surface area contributed by atoms with Crippen molar-refractivity contribution >= 4 is 17.3 Å². The molecule has 1 unspecified atom stereocenters. The zero-order valence-electron chi connectivity index (χ0n) is 21.2. The van der Waals surface area contributed by atoms with Crippen molar-refractivity contribution in [2.24, 2.45) is 4.99 Å². The van der Waals surface area contributed by atoms with Gasteiger partial charge >= 0.3 is 0 Å². The molecule has 0 saturated carbocycles. The van der Waals surface area contributed by atoms with Gasteiger partial charge in [0, 0.05) is 56.0 Å². The first-order valence-electron chi connectivity index (χ1n) is 12.7. The maximum absolute atomic E-state index is 15.8. The summed E-state index contributed by atoms with van der Waals surface area (Å²) in [5, 5.41) is 3.24. The summed E-state index contributed by atoms with van der Waals surface area (Å²) >= 11 is 0. The topological polar surface area (TPSA) is 56.6 Å². The lowest BCUT2D eigenvalue weighted by Crippen LogP contribution is -2.48. The van der Waals surface area contributed by atoms with Crippen molar-refractivity contribution in [2.45, 2.75) is 19.3 Å². The minimum atomic E-state index is -0.595. The second kappa shape index (κ2) is 9.52. The van der Waals surface area contributed by atoms with Gasteiger partial charge in [0.15, 0.2) is 0 Å². The highest BCUT2D eigenvalue weighted by Crippen LogP contribution is 2.38. The number of piperazine rings is 1. The fourth-order valence-corrected chi connectivity index (χ4v) is 5.35. The number of allylic oxidation sites excluding steroid dienone is 2. The number of anilines is 1. The van der Waals surface area contributed by atoms with E-state index in [4.69, 9.17) is 9.98 Å². The number of aliphatic imine (C=N–C) groups is 1. The number of pyridine rings is 2. The molecule has 0 radical (unpaired) electrons. The quantitative estimate of drug-likeness (QED) is 0.444. The van der Waals surface area contributed by atoms with Crippen LogP contribution in [0.4, 0.5) is 20.3 Å². The van der Waals surface area contributed by atoms with Gasteiger partial charge in [-0.2, -0.15) is 0 Å². The lowest BCUT2D eigenvalue weighted by molar-refractivity contribution is 0.228. The fourth-order valence-electron chi connectivity index (χ4n) is 5.35. The van der Waals surface area contributed by atoms with Crippen molar-refractivity contribution in [3.63, 3.8) is 0 Å². The predicted octanol–water partition coefficient (Wildman–Crippen LogP) is 5.76. The number of hydrogen-bond donors (Lipinski definition) is 1. The molecule has 6 nitrogen and oxygen atoms in total. The van der Waals surface area contributed by atoms with Gasteiger partial charge in [-0.25, -0.2) is 18.8 Å². The number of amidine groups is 1. The molecule has 4 bridgehead atoms. The molecule has 8 heteroatoms. The molecule has 0 aliphatic carbocycles. The summed E-state index contributed by atoms with van der Waals surface area (Å²) in [4.78, 5) is 18.9. The highest BCUT2D eigenvalue weighted by molar-refractivity contribution is 6.05. The van der Waals surface area contributed by atoms with Crippen molar-refractivity contribution < 1.29 is 8.78 Å². The number of nitrogens with one attached hydrogen (secondary N) is 1. The van der Waals surface area contributed by atoms with Crippen molar-refractivity contribution in [2.75, 3.05) is 31.5 Å². The lowest BCUT2D eigenvalue weighted by atomic mass is 9.94. The van der Waals surface area contributed by atoms with Crippen molar-refractivity contribution in [3.8, 4) is 11.3 Å². The number of hydrogen-bond acceptors (Lipinski definition) is 6. The molecular weight excluding hydrogens is 482 g/mol. The van der Waals surface area contributed by atoms with Crippen LogP contribution in [0.5, 0.6) is 0 Å². The Balaban J connectivity index is 1.63. The monoisotopic (exact) mass is 510 g/mol. The average molecular weight is 511 g/mol. The van der Waals surface area contributed by atoms with E-state index in [2.05, 4.69) is 40.2 Å². The number of nitrogens with zero attached hydrogens (tertiary/aromatic N) is 5. The first-order valence-corrected chi connectivity index (χ1v) is 12.7. The third kappa shape index (κ3) is 4.06. The van der Waals surface area contributed by atoms with Gasteiger partial charge in [-0.1, -0.05) is 38.3 Å². The highest BCUT2D eigenvalue weighted by Gasteiger charge is 2.29. The van der Waals surface area contributed by atoms with Crippen LogP contribution in [0.3, 0.4) is 0 Å². The number of benzene rings is 1. The fraction of sp³-hybridized carbons (Fsp3) is 0.233. The maximum Gasteiger partial charge on any atom is 0.150 e. The van der Waals surface area contributed by atoms with E-state index >= 15 is 8.78 Å². The van der Waals surface area contributed by atoms with E-state index in [1.807, 2.05) is 18.2 Å². The summed E-state index contributed by atoms with van der Waals surface area (Å²) in [7, 11) is 0. The summed E-state index contributed by atoms with van der Waals surface area (Å²) in [5.41, 5.74) is 4.61. The van der Waals surface area contributed by atoms with E-state index in [0.717, 1.165) is 35.7 Å². The Bertz CT molecular complexity index is 1520. The molecule has 3 aromatic rings. The molecule has 1 fully saturated rings. The third-order valence-corrected chi connectivity index (χ3v) is 7.45. The summed E-state index contributed by atoms with van der Waals surface area (Å²) < 4.78 is 31.1. The standard InChI is InChI=1S/C30H28F2N6/c1-4-19(3)37-12-14-38(15-13-37)30-22-17-24(32)28-25-20(6-5-7-23(25)31)16-21-9-11-33-26(27(21)36-30)18(2)8-10-34-29(22)35-28/h4-11,17-18H,1,3,12-16H2,2H3,(H,34,35)/b10-8-,36-30?. The van der Waals surface area contributed by atoms with Gasteiger partial charge in [0.25, 0.3) is 0 Å². The van der Waals surface area contributed by atoms with Crippen LogP contribution in [0, 0.1) is 11.6 Å². The molecule has 2 aromatic heterocycles. The van der Waals surface area contributed by atoms with E-state index in [1.54, 1.807) is 24.5 Å². The van der Waals surface area contributed by atoms with Gasteiger partial charge in [-0.15, -0.1) is 0 Å². The minimum Gasteiger partial charge on any atom is -0.368 e. The minimum absolute atomic E-state index is 0.0192. The van der Waals surface area contributed by atoms with Crippen molar-refractivity contribution in [3.05, 3.63) is 108 Å². The van der Waals surface area contributed by atoms with Gasteiger partial charge in [0.1, 0.15) is 29.0 Å². The molecule has 192 valence electrons. The predicted molar refractivity (Wildman–Crippen MR) is 146 cm³/mol. The highest BCUT2D eigenvalue weighted by atomic mass is 19.1. The van der Waals surface area contributed by atoms with E-state index < -0.39 is 11.6 Å². The molecule has 4 aliphatic heterocycles. The molecule has 38 heavy (non-hydrogen) atoms. The lowest BCUT2D eigenvalue weighted by Gasteiger charge is -2.38. The second-order valence-corrected chi connectivity index (χ2v) is 9.77. The van der Waals surface area contributed by atoms with Crippen LogP contribution in [0.2, 0.25) is 0 Å². The SMILES string of the molecule is C=CC(=C)N1CCN(C2=Nc3c4ccnc3C(C)/C=C\Nc3nc(c(F)cc32)-c2c(F)cccc2C4)CC1. The second-order valence-electron chi connectivity index (χ2n) is 9.77. The van der Waals surface area contributed by atoms with E-state index in [1.165, 1.54) is 12.1 Å². The Labute approximate surface area is 220 Å². The van der Waals surface area contributed by atoms with Gasteiger partial charge in [-0.05, 0) is 41.6 Å². The van der Waals surface area contributed by atoms with Crippen molar-refractivity contribution in [1.82, 2.24) is 19.8 Å². The van der Waals surface area contributed by atoms with Gasteiger partial charge in [0.2, 0.25) is 0 Å². The van der Waals surface area contributed by atoms with E-state index in [9.17, 15) is 0 Å². The molecule has 1 aromatic carbocycles. The Morgan fingerprint density at radius 2 is 1.92 bits per heavy atom. The van der Waals surface area contributed by atoms with E-state index in [0.29, 0.717) is 42.3 Å². The smallest absolute Gasteiger partial charge is 0.150 e. The molecule has 1 atom stereocenters. The Morgan fingerprint density at radius 3 is 2.71 bits per heavy atom. The van der Waals surface area contributed by atoms with Crippen LogP contribution in [-0.4, -0.2) is 51.8 Å². The van der Waals surface area contributed by atoms with Crippen LogP contribution < -0.4 is 5.32 Å². The third-order valence-electron chi connectivity index (χ3n) is 7.45.